The summed E-state index contributed by atoms with van der Waals surface area (Å²) in [6, 6.07) is 13.1. The Labute approximate surface area is 183 Å². The van der Waals surface area contributed by atoms with Crippen molar-refractivity contribution in [1.82, 2.24) is 9.62 Å². The number of sulfonamides is 1. The lowest BCUT2D eigenvalue weighted by Gasteiger charge is -2.39. The van der Waals surface area contributed by atoms with Gasteiger partial charge in [0.1, 0.15) is 0 Å². The van der Waals surface area contributed by atoms with Crippen molar-refractivity contribution in [2.45, 2.75) is 43.2 Å². The maximum Gasteiger partial charge on any atom is 0.251 e. The second-order valence-electron chi connectivity index (χ2n) is 7.88. The third-order valence-electron chi connectivity index (χ3n) is 5.47. The zero-order chi connectivity index (χ0) is 21.9. The predicted molar refractivity (Wildman–Crippen MR) is 121 cm³/mol. The highest BCUT2D eigenvalue weighted by Gasteiger charge is 2.38. The minimum absolute atomic E-state index is 0.140. The molecule has 1 aliphatic heterocycles. The van der Waals surface area contributed by atoms with Crippen LogP contribution in [0.15, 0.2) is 53.4 Å². The molecule has 1 aliphatic rings. The SMILES string of the molecule is C[C@@H]1CCC[C@H](CNC(=O)c2cccc(N(C)C)c2)N1S(=O)(=O)c1ccc(Cl)cc1. The molecule has 3 rings (SSSR count). The Kier molecular flexibility index (Phi) is 7.06. The van der Waals surface area contributed by atoms with Crippen molar-refractivity contribution in [3.63, 3.8) is 0 Å². The molecule has 162 valence electrons. The highest BCUT2D eigenvalue weighted by atomic mass is 35.5. The van der Waals surface area contributed by atoms with Crippen LogP contribution >= 0.6 is 11.6 Å². The van der Waals surface area contributed by atoms with Crippen molar-refractivity contribution >= 4 is 33.2 Å². The molecule has 8 heteroatoms. The van der Waals surface area contributed by atoms with Crippen LogP contribution in [0.2, 0.25) is 5.02 Å². The summed E-state index contributed by atoms with van der Waals surface area (Å²) >= 11 is 5.92. The lowest BCUT2D eigenvalue weighted by Crippen LogP contribution is -2.53. The van der Waals surface area contributed by atoms with Gasteiger partial charge < -0.3 is 10.2 Å². The van der Waals surface area contributed by atoms with Gasteiger partial charge in [-0.1, -0.05) is 24.1 Å². The number of benzene rings is 2. The second kappa shape index (κ2) is 9.37. The molecule has 0 saturated carbocycles. The molecule has 0 radical (unpaired) electrons. The summed E-state index contributed by atoms with van der Waals surface area (Å²) in [5, 5.41) is 3.42. The first-order valence-corrected chi connectivity index (χ1v) is 11.9. The number of carbonyl (C=O) groups excluding carboxylic acids is 1. The lowest BCUT2D eigenvalue weighted by atomic mass is 9.99. The first-order chi connectivity index (χ1) is 14.2. The van der Waals surface area contributed by atoms with Crippen molar-refractivity contribution in [1.29, 1.82) is 0 Å². The first-order valence-electron chi connectivity index (χ1n) is 10.0. The van der Waals surface area contributed by atoms with Crippen LogP contribution in [-0.2, 0) is 10.0 Å². The Morgan fingerprint density at radius 1 is 1.17 bits per heavy atom. The molecule has 0 spiro atoms. The van der Waals surface area contributed by atoms with Crippen molar-refractivity contribution < 1.29 is 13.2 Å². The van der Waals surface area contributed by atoms with E-state index in [-0.39, 0.29) is 29.4 Å². The molecule has 0 bridgehead atoms. The normalized spacial score (nSPS) is 20.0. The summed E-state index contributed by atoms with van der Waals surface area (Å²) in [5.41, 5.74) is 1.48. The van der Waals surface area contributed by atoms with E-state index in [1.54, 1.807) is 22.5 Å². The van der Waals surface area contributed by atoms with Crippen molar-refractivity contribution in [3.05, 3.63) is 59.1 Å². The van der Waals surface area contributed by atoms with E-state index in [1.807, 2.05) is 44.1 Å². The fraction of sp³-hybridized carbons (Fsp3) is 0.409. The zero-order valence-electron chi connectivity index (χ0n) is 17.5. The molecule has 2 aromatic rings. The van der Waals surface area contributed by atoms with Gasteiger partial charge in [-0.05, 0) is 62.2 Å². The number of rotatable bonds is 6. The number of anilines is 1. The van der Waals surface area contributed by atoms with Gasteiger partial charge in [-0.3, -0.25) is 4.79 Å². The standard InChI is InChI=1S/C22H28ClN3O3S/c1-16-6-4-9-20(26(16)30(28,29)21-12-10-18(23)11-13-21)15-24-22(27)17-7-5-8-19(14-17)25(2)3/h5,7-8,10-14,16,20H,4,6,9,15H2,1-3H3,(H,24,27)/t16-,20-/m1/s1. The molecular formula is C22H28ClN3O3S. The van der Waals surface area contributed by atoms with E-state index in [0.29, 0.717) is 17.0 Å². The smallest absolute Gasteiger partial charge is 0.251 e. The van der Waals surface area contributed by atoms with Crippen molar-refractivity contribution in [2.24, 2.45) is 0 Å². The number of carbonyl (C=O) groups is 1. The zero-order valence-corrected chi connectivity index (χ0v) is 19.1. The van der Waals surface area contributed by atoms with Gasteiger partial charge in [-0.15, -0.1) is 0 Å². The molecule has 1 heterocycles. The van der Waals surface area contributed by atoms with E-state index in [1.165, 1.54) is 12.1 Å². The van der Waals surface area contributed by atoms with Gasteiger partial charge in [0.05, 0.1) is 4.90 Å². The van der Waals surface area contributed by atoms with Gasteiger partial charge in [0.25, 0.3) is 5.91 Å². The molecule has 2 aromatic carbocycles. The largest absolute Gasteiger partial charge is 0.378 e. The summed E-state index contributed by atoms with van der Waals surface area (Å²) in [5.74, 6) is -0.208. The average molecular weight is 450 g/mol. The van der Waals surface area contributed by atoms with Crippen molar-refractivity contribution in [3.8, 4) is 0 Å². The Bertz CT molecular complexity index is 993. The molecular weight excluding hydrogens is 422 g/mol. The predicted octanol–water partition coefficient (Wildman–Crippen LogP) is 3.77. The van der Waals surface area contributed by atoms with E-state index >= 15 is 0 Å². The van der Waals surface area contributed by atoms with Crippen LogP contribution in [0.1, 0.15) is 36.5 Å². The number of hydrogen-bond donors (Lipinski definition) is 1. The van der Waals surface area contributed by atoms with Crippen LogP contribution < -0.4 is 10.2 Å². The quantitative estimate of drug-likeness (QED) is 0.728. The Morgan fingerprint density at radius 3 is 2.53 bits per heavy atom. The van der Waals surface area contributed by atoms with Crippen molar-refractivity contribution in [2.75, 3.05) is 25.5 Å². The second-order valence-corrected chi connectivity index (χ2v) is 10.2. The van der Waals surface area contributed by atoms with E-state index in [9.17, 15) is 13.2 Å². The Hall–Kier alpha value is -2.09. The van der Waals surface area contributed by atoms with Gasteiger partial charge in [0.15, 0.2) is 0 Å². The Morgan fingerprint density at radius 2 is 1.87 bits per heavy atom. The molecule has 1 N–H and O–H groups in total. The molecule has 0 aromatic heterocycles. The summed E-state index contributed by atoms with van der Waals surface area (Å²) < 4.78 is 28.2. The van der Waals surface area contributed by atoms with E-state index in [4.69, 9.17) is 11.6 Å². The van der Waals surface area contributed by atoms with Crippen LogP contribution in [0.4, 0.5) is 5.69 Å². The molecule has 6 nitrogen and oxygen atoms in total. The summed E-state index contributed by atoms with van der Waals surface area (Å²) in [7, 11) is 0.142. The monoisotopic (exact) mass is 449 g/mol. The number of hydrogen-bond acceptors (Lipinski definition) is 4. The van der Waals surface area contributed by atoms with Gasteiger partial charge in [-0.25, -0.2) is 8.42 Å². The van der Waals surface area contributed by atoms with E-state index in [0.717, 1.165) is 18.5 Å². The molecule has 1 fully saturated rings. The summed E-state index contributed by atoms with van der Waals surface area (Å²) in [4.78, 5) is 14.8. The molecule has 30 heavy (non-hydrogen) atoms. The third kappa shape index (κ3) is 4.96. The number of nitrogens with zero attached hydrogens (tertiary/aromatic N) is 2. The Balaban J connectivity index is 1.77. The fourth-order valence-corrected chi connectivity index (χ4v) is 5.86. The van der Waals surface area contributed by atoms with Gasteiger partial charge in [0.2, 0.25) is 10.0 Å². The van der Waals surface area contributed by atoms with Gasteiger partial charge in [-0.2, -0.15) is 4.31 Å². The van der Waals surface area contributed by atoms with Crippen LogP contribution in [0.25, 0.3) is 0 Å². The highest BCUT2D eigenvalue weighted by Crippen LogP contribution is 2.30. The van der Waals surface area contributed by atoms with Crippen LogP contribution in [0, 0.1) is 0 Å². The van der Waals surface area contributed by atoms with E-state index in [2.05, 4.69) is 5.32 Å². The molecule has 0 aliphatic carbocycles. The summed E-state index contributed by atoms with van der Waals surface area (Å²) in [6.07, 6.45) is 2.42. The lowest BCUT2D eigenvalue weighted by molar-refractivity contribution is 0.0931. The maximum absolute atomic E-state index is 13.3. The average Bonchev–Trinajstić information content (AvgIpc) is 2.72. The van der Waals surface area contributed by atoms with Crippen LogP contribution in [-0.4, -0.2) is 51.4 Å². The maximum atomic E-state index is 13.3. The number of halogens is 1. The summed E-state index contributed by atoms with van der Waals surface area (Å²) in [6.45, 7) is 2.18. The van der Waals surface area contributed by atoms with Gasteiger partial charge in [0, 0.05) is 49.0 Å². The number of piperidine rings is 1. The number of nitrogens with one attached hydrogen (secondary N) is 1. The molecule has 1 amide bonds. The molecule has 0 unspecified atom stereocenters. The molecule has 1 saturated heterocycles. The minimum Gasteiger partial charge on any atom is -0.378 e. The fourth-order valence-electron chi connectivity index (χ4n) is 3.85. The third-order valence-corrected chi connectivity index (χ3v) is 7.80. The van der Waals surface area contributed by atoms with E-state index < -0.39 is 10.0 Å². The molecule has 2 atom stereocenters. The van der Waals surface area contributed by atoms with Crippen LogP contribution in [0.3, 0.4) is 0 Å². The topological polar surface area (TPSA) is 69.7 Å². The van der Waals surface area contributed by atoms with Crippen LogP contribution in [0.5, 0.6) is 0 Å². The highest BCUT2D eigenvalue weighted by molar-refractivity contribution is 7.89. The van der Waals surface area contributed by atoms with Gasteiger partial charge >= 0.3 is 0 Å². The first kappa shape index (κ1) is 22.6. The minimum atomic E-state index is -3.69. The number of amides is 1.